The molecule has 2 N–H and O–H groups in total. The van der Waals surface area contributed by atoms with Gasteiger partial charge in [-0.15, -0.1) is 0 Å². The topological polar surface area (TPSA) is 69.4 Å². The van der Waals surface area contributed by atoms with E-state index in [9.17, 15) is 8.42 Å². The second kappa shape index (κ2) is 6.39. The summed E-state index contributed by atoms with van der Waals surface area (Å²) in [4.78, 5) is 0. The maximum absolute atomic E-state index is 11.1. The zero-order chi connectivity index (χ0) is 9.45. The molecule has 0 aliphatic heterocycles. The Bertz CT molecular complexity index is 189. The fourth-order valence-corrected chi connectivity index (χ4v) is 1.92. The molecule has 0 rings (SSSR count). The highest BCUT2D eigenvalue weighted by Gasteiger charge is 2.08. The third kappa shape index (κ3) is 6.57. The lowest BCUT2D eigenvalue weighted by Crippen LogP contribution is -2.17. The minimum atomic E-state index is -2.92. The van der Waals surface area contributed by atoms with Crippen molar-refractivity contribution in [2.24, 2.45) is 5.73 Å². The molecule has 0 spiro atoms. The normalized spacial score (nSPS) is 11.8. The van der Waals surface area contributed by atoms with Crippen LogP contribution in [0.15, 0.2) is 0 Å². The Labute approximate surface area is 74.0 Å². The molecular weight excluding hydrogens is 178 g/mol. The number of rotatable bonds is 7. The summed E-state index contributed by atoms with van der Waals surface area (Å²) < 4.78 is 27.2. The van der Waals surface area contributed by atoms with E-state index in [-0.39, 0.29) is 11.5 Å². The van der Waals surface area contributed by atoms with Crippen molar-refractivity contribution >= 4 is 9.84 Å². The quantitative estimate of drug-likeness (QED) is 0.570. The van der Waals surface area contributed by atoms with E-state index in [1.54, 1.807) is 0 Å². The van der Waals surface area contributed by atoms with Crippen LogP contribution in [0.25, 0.3) is 0 Å². The molecular formula is C7H17NO3S. The Hall–Kier alpha value is -0.130. The predicted octanol–water partition coefficient (Wildman–Crippen LogP) is -0.213. The van der Waals surface area contributed by atoms with Crippen LogP contribution in [0.2, 0.25) is 0 Å². The van der Waals surface area contributed by atoms with Gasteiger partial charge >= 0.3 is 0 Å². The number of ether oxygens (including phenoxy) is 1. The Morgan fingerprint density at radius 2 is 2.00 bits per heavy atom. The van der Waals surface area contributed by atoms with Crippen molar-refractivity contribution in [3.8, 4) is 0 Å². The molecule has 74 valence electrons. The van der Waals surface area contributed by atoms with Crippen molar-refractivity contribution in [3.05, 3.63) is 0 Å². The molecule has 0 unspecified atom stereocenters. The molecule has 0 aromatic carbocycles. The number of hydrogen-bond acceptors (Lipinski definition) is 4. The first-order valence-corrected chi connectivity index (χ1v) is 5.92. The largest absolute Gasteiger partial charge is 0.381 e. The van der Waals surface area contributed by atoms with Gasteiger partial charge in [0, 0.05) is 6.61 Å². The highest BCUT2D eigenvalue weighted by Crippen LogP contribution is 1.93. The number of nitrogens with two attached hydrogens (primary N) is 1. The molecule has 0 fully saturated rings. The van der Waals surface area contributed by atoms with Crippen LogP contribution in [0.3, 0.4) is 0 Å². The smallest absolute Gasteiger partial charge is 0.152 e. The molecule has 0 heterocycles. The monoisotopic (exact) mass is 195 g/mol. The summed E-state index contributed by atoms with van der Waals surface area (Å²) in [6.45, 7) is 3.12. The molecule has 0 aromatic rings. The van der Waals surface area contributed by atoms with Crippen LogP contribution >= 0.6 is 0 Å². The van der Waals surface area contributed by atoms with E-state index in [0.717, 1.165) is 0 Å². The molecule has 5 heteroatoms. The van der Waals surface area contributed by atoms with Crippen molar-refractivity contribution in [1.29, 1.82) is 0 Å². The van der Waals surface area contributed by atoms with Gasteiger partial charge in [-0.2, -0.15) is 0 Å². The second-order valence-corrected chi connectivity index (χ2v) is 4.79. The Kier molecular flexibility index (Phi) is 6.32. The molecule has 0 aromatic heterocycles. The number of hydrogen-bond donors (Lipinski definition) is 1. The van der Waals surface area contributed by atoms with Crippen molar-refractivity contribution in [2.75, 3.05) is 31.3 Å². The average molecular weight is 195 g/mol. The fourth-order valence-electron chi connectivity index (χ4n) is 0.736. The highest BCUT2D eigenvalue weighted by molar-refractivity contribution is 7.91. The minimum Gasteiger partial charge on any atom is -0.381 e. The summed E-state index contributed by atoms with van der Waals surface area (Å²) in [6.07, 6.45) is 0.536. The van der Waals surface area contributed by atoms with Gasteiger partial charge < -0.3 is 10.5 Å². The molecule has 0 atom stereocenters. The van der Waals surface area contributed by atoms with Gasteiger partial charge in [0.05, 0.1) is 18.1 Å². The van der Waals surface area contributed by atoms with Gasteiger partial charge in [0.2, 0.25) is 0 Å². The van der Waals surface area contributed by atoms with Crippen LogP contribution in [-0.4, -0.2) is 39.7 Å². The van der Waals surface area contributed by atoms with E-state index < -0.39 is 9.84 Å². The maximum Gasteiger partial charge on any atom is 0.152 e. The molecule has 0 bridgehead atoms. The molecule has 0 aliphatic rings. The van der Waals surface area contributed by atoms with E-state index in [2.05, 4.69) is 0 Å². The van der Waals surface area contributed by atoms with Crippen molar-refractivity contribution < 1.29 is 13.2 Å². The lowest BCUT2D eigenvalue weighted by molar-refractivity contribution is 0.163. The summed E-state index contributed by atoms with van der Waals surface area (Å²) in [5, 5.41) is 0. The standard InChI is InChI=1S/C7H17NO3S/c1-2-11-5-7-12(9,10)6-3-4-8/h2-8H2,1H3. The van der Waals surface area contributed by atoms with Crippen molar-refractivity contribution in [3.63, 3.8) is 0 Å². The van der Waals surface area contributed by atoms with Gasteiger partial charge in [-0.25, -0.2) is 8.42 Å². The average Bonchev–Trinajstić information content (AvgIpc) is 2.01. The SMILES string of the molecule is CCOCCS(=O)(=O)CCCN. The molecule has 0 saturated heterocycles. The molecule has 0 amide bonds. The van der Waals surface area contributed by atoms with Gasteiger partial charge in [-0.3, -0.25) is 0 Å². The molecule has 0 aliphatic carbocycles. The third-order valence-corrected chi connectivity index (χ3v) is 3.10. The van der Waals surface area contributed by atoms with Gasteiger partial charge in [0.15, 0.2) is 9.84 Å². The van der Waals surface area contributed by atoms with E-state index in [1.165, 1.54) is 0 Å². The first kappa shape index (κ1) is 11.9. The molecule has 0 radical (unpaired) electrons. The summed E-state index contributed by atoms with van der Waals surface area (Å²) in [6, 6.07) is 0. The van der Waals surface area contributed by atoms with Crippen LogP contribution in [0.5, 0.6) is 0 Å². The van der Waals surface area contributed by atoms with Gasteiger partial charge in [-0.05, 0) is 19.9 Å². The first-order valence-electron chi connectivity index (χ1n) is 4.10. The zero-order valence-corrected chi connectivity index (χ0v) is 8.27. The minimum absolute atomic E-state index is 0.112. The van der Waals surface area contributed by atoms with Crippen LogP contribution in [0.4, 0.5) is 0 Å². The Morgan fingerprint density at radius 1 is 1.33 bits per heavy atom. The molecule has 4 nitrogen and oxygen atoms in total. The fraction of sp³-hybridized carbons (Fsp3) is 1.00. The summed E-state index contributed by atoms with van der Waals surface area (Å²) in [5.74, 6) is 0.289. The Morgan fingerprint density at radius 3 is 2.50 bits per heavy atom. The van der Waals surface area contributed by atoms with E-state index in [0.29, 0.717) is 26.2 Å². The molecule has 12 heavy (non-hydrogen) atoms. The van der Waals surface area contributed by atoms with Crippen molar-refractivity contribution in [2.45, 2.75) is 13.3 Å². The van der Waals surface area contributed by atoms with Gasteiger partial charge in [-0.1, -0.05) is 0 Å². The van der Waals surface area contributed by atoms with Crippen molar-refractivity contribution in [1.82, 2.24) is 0 Å². The van der Waals surface area contributed by atoms with Gasteiger partial charge in [0.25, 0.3) is 0 Å². The second-order valence-electron chi connectivity index (χ2n) is 2.49. The lowest BCUT2D eigenvalue weighted by atomic mass is 10.5. The van der Waals surface area contributed by atoms with Crippen LogP contribution in [0, 0.1) is 0 Å². The third-order valence-electron chi connectivity index (χ3n) is 1.40. The van der Waals surface area contributed by atoms with E-state index in [4.69, 9.17) is 10.5 Å². The zero-order valence-electron chi connectivity index (χ0n) is 7.45. The van der Waals surface area contributed by atoms with Crippen LogP contribution in [-0.2, 0) is 14.6 Å². The highest BCUT2D eigenvalue weighted by atomic mass is 32.2. The van der Waals surface area contributed by atoms with Crippen LogP contribution in [0.1, 0.15) is 13.3 Å². The van der Waals surface area contributed by atoms with E-state index in [1.807, 2.05) is 6.92 Å². The molecule has 0 saturated carbocycles. The first-order chi connectivity index (χ1) is 5.62. The summed E-state index contributed by atoms with van der Waals surface area (Å²) >= 11 is 0. The van der Waals surface area contributed by atoms with Crippen LogP contribution < -0.4 is 5.73 Å². The maximum atomic E-state index is 11.1. The summed E-state index contributed by atoms with van der Waals surface area (Å²) in [5.41, 5.74) is 5.19. The Balaban J connectivity index is 3.58. The van der Waals surface area contributed by atoms with E-state index >= 15 is 0 Å². The predicted molar refractivity (Wildman–Crippen MR) is 48.8 cm³/mol. The number of sulfone groups is 1. The summed E-state index contributed by atoms with van der Waals surface area (Å²) in [7, 11) is -2.92. The van der Waals surface area contributed by atoms with Gasteiger partial charge in [0.1, 0.15) is 0 Å². The lowest BCUT2D eigenvalue weighted by Gasteiger charge is -2.02.